The van der Waals surface area contributed by atoms with Crippen LogP contribution in [-0.2, 0) is 15.0 Å². The molecule has 6 nitrogen and oxygen atoms in total. The molecule has 0 unspecified atom stereocenters. The summed E-state index contributed by atoms with van der Waals surface area (Å²) in [5.41, 5.74) is 1.57. The molecule has 3 N–H and O–H groups in total. The summed E-state index contributed by atoms with van der Waals surface area (Å²) in [6.45, 7) is 8.58. The fraction of sp³-hybridized carbons (Fsp3) is 0.600. The van der Waals surface area contributed by atoms with Gasteiger partial charge in [-0.25, -0.2) is 9.59 Å². The summed E-state index contributed by atoms with van der Waals surface area (Å²) in [4.78, 5) is 18.2. The highest BCUT2D eigenvalue weighted by Gasteiger charge is 2.14. The molecule has 1 fully saturated rings. The van der Waals surface area contributed by atoms with E-state index in [0.717, 1.165) is 31.4 Å². The fourth-order valence-electron chi connectivity index (χ4n) is 2.75. The average molecular weight is 365 g/mol. The molecule has 0 aromatic heterocycles. The maximum Gasteiger partial charge on any atom is 0.414 e. The van der Waals surface area contributed by atoms with Crippen LogP contribution >= 0.6 is 0 Å². The van der Waals surface area contributed by atoms with Crippen LogP contribution in [0.3, 0.4) is 0 Å². The Morgan fingerprint density at radius 3 is 2.08 bits per heavy atom. The van der Waals surface area contributed by atoms with Crippen LogP contribution in [0.1, 0.15) is 58.4 Å². The van der Waals surface area contributed by atoms with Crippen molar-refractivity contribution in [2.45, 2.75) is 64.3 Å². The predicted molar refractivity (Wildman–Crippen MR) is 101 cm³/mol. The first kappa shape index (κ1) is 22.0. The Bertz CT molecular complexity index is 545. The summed E-state index contributed by atoms with van der Waals surface area (Å²) < 4.78 is 5.80. The van der Waals surface area contributed by atoms with E-state index in [1.807, 2.05) is 0 Å². The van der Waals surface area contributed by atoms with Crippen molar-refractivity contribution in [2.75, 3.05) is 13.2 Å². The monoisotopic (exact) mass is 365 g/mol. The quantitative estimate of drug-likeness (QED) is 0.528. The second kappa shape index (κ2) is 10.8. The lowest BCUT2D eigenvalue weighted by Gasteiger charge is -2.19. The molecule has 1 saturated carbocycles. The van der Waals surface area contributed by atoms with Crippen LogP contribution in [0.25, 0.3) is 0 Å². The average Bonchev–Trinajstić information content (AvgIpc) is 3.08. The molecule has 1 aromatic rings. The van der Waals surface area contributed by atoms with Gasteiger partial charge in [0.15, 0.2) is 0 Å². The minimum absolute atomic E-state index is 0.212. The van der Waals surface area contributed by atoms with Crippen molar-refractivity contribution in [3.63, 3.8) is 0 Å². The first-order chi connectivity index (χ1) is 12.2. The van der Waals surface area contributed by atoms with Gasteiger partial charge in [0.2, 0.25) is 0 Å². The lowest BCUT2D eigenvalue weighted by molar-refractivity contribution is -0.159. The van der Waals surface area contributed by atoms with E-state index in [1.54, 1.807) is 0 Å². The van der Waals surface area contributed by atoms with Gasteiger partial charge < -0.3 is 20.3 Å². The Morgan fingerprint density at radius 2 is 1.62 bits per heavy atom. The lowest BCUT2D eigenvalue weighted by Crippen LogP contribution is -2.27. The van der Waals surface area contributed by atoms with E-state index in [1.165, 1.54) is 31.2 Å². The molecule has 26 heavy (non-hydrogen) atoms. The topological polar surface area (TPSA) is 95.9 Å². The SMILES string of the molecule is CC(C)(C)c1ccc(OCCCNC2CCCC2)cc1.O=C(O)C(=O)O. The Kier molecular flexibility index (Phi) is 9.13. The van der Waals surface area contributed by atoms with E-state index in [4.69, 9.17) is 24.5 Å². The second-order valence-corrected chi connectivity index (χ2v) is 7.52. The highest BCUT2D eigenvalue weighted by atomic mass is 16.5. The van der Waals surface area contributed by atoms with Crippen LogP contribution in [0.2, 0.25) is 0 Å². The van der Waals surface area contributed by atoms with Gasteiger partial charge in [0.05, 0.1) is 6.61 Å². The van der Waals surface area contributed by atoms with Gasteiger partial charge in [0, 0.05) is 6.04 Å². The zero-order valence-corrected chi connectivity index (χ0v) is 16.0. The Hall–Kier alpha value is -2.08. The van der Waals surface area contributed by atoms with E-state index < -0.39 is 11.9 Å². The number of carboxylic acids is 2. The summed E-state index contributed by atoms with van der Waals surface area (Å²) in [5, 5.41) is 18.4. The van der Waals surface area contributed by atoms with Crippen molar-refractivity contribution < 1.29 is 24.5 Å². The first-order valence-corrected chi connectivity index (χ1v) is 9.13. The number of aliphatic carboxylic acids is 2. The molecule has 0 bridgehead atoms. The molecule has 0 aliphatic heterocycles. The molecule has 1 aromatic carbocycles. The molecule has 0 amide bonds. The molecule has 0 saturated heterocycles. The first-order valence-electron chi connectivity index (χ1n) is 9.13. The fourth-order valence-corrected chi connectivity index (χ4v) is 2.75. The summed E-state index contributed by atoms with van der Waals surface area (Å²) >= 11 is 0. The molecule has 0 spiro atoms. The number of ether oxygens (including phenoxy) is 1. The minimum Gasteiger partial charge on any atom is -0.494 e. The summed E-state index contributed by atoms with van der Waals surface area (Å²) in [5.74, 6) is -2.66. The molecule has 0 radical (unpaired) electrons. The molecule has 2 rings (SSSR count). The van der Waals surface area contributed by atoms with Gasteiger partial charge >= 0.3 is 11.9 Å². The largest absolute Gasteiger partial charge is 0.494 e. The van der Waals surface area contributed by atoms with Gasteiger partial charge in [0.25, 0.3) is 0 Å². The van der Waals surface area contributed by atoms with Crippen molar-refractivity contribution in [1.82, 2.24) is 5.32 Å². The summed E-state index contributed by atoms with van der Waals surface area (Å²) in [6.07, 6.45) is 6.59. The molecule has 0 atom stereocenters. The molecule has 1 aliphatic carbocycles. The zero-order chi connectivity index (χ0) is 19.6. The van der Waals surface area contributed by atoms with Crippen LogP contribution in [0.4, 0.5) is 0 Å². The van der Waals surface area contributed by atoms with Gasteiger partial charge in [-0.3, -0.25) is 0 Å². The van der Waals surface area contributed by atoms with Gasteiger partial charge in [-0.15, -0.1) is 0 Å². The lowest BCUT2D eigenvalue weighted by atomic mass is 9.87. The third kappa shape index (κ3) is 8.85. The number of hydrogen-bond acceptors (Lipinski definition) is 4. The van der Waals surface area contributed by atoms with Crippen LogP contribution in [0.5, 0.6) is 5.75 Å². The smallest absolute Gasteiger partial charge is 0.414 e. The number of carbonyl (C=O) groups is 2. The van der Waals surface area contributed by atoms with Gasteiger partial charge in [-0.2, -0.15) is 0 Å². The van der Waals surface area contributed by atoms with Crippen molar-refractivity contribution in [2.24, 2.45) is 0 Å². The van der Waals surface area contributed by atoms with Gasteiger partial charge in [-0.1, -0.05) is 45.7 Å². The maximum atomic E-state index is 9.10. The van der Waals surface area contributed by atoms with Gasteiger partial charge in [-0.05, 0) is 48.9 Å². The van der Waals surface area contributed by atoms with E-state index in [-0.39, 0.29) is 5.41 Å². The van der Waals surface area contributed by atoms with E-state index >= 15 is 0 Å². The van der Waals surface area contributed by atoms with E-state index in [0.29, 0.717) is 0 Å². The number of hydrogen-bond donors (Lipinski definition) is 3. The van der Waals surface area contributed by atoms with Crippen LogP contribution in [0.15, 0.2) is 24.3 Å². The van der Waals surface area contributed by atoms with Crippen LogP contribution in [0, 0.1) is 0 Å². The van der Waals surface area contributed by atoms with Crippen LogP contribution < -0.4 is 10.1 Å². The Labute approximate surface area is 155 Å². The summed E-state index contributed by atoms with van der Waals surface area (Å²) in [7, 11) is 0. The zero-order valence-electron chi connectivity index (χ0n) is 16.0. The second-order valence-electron chi connectivity index (χ2n) is 7.52. The van der Waals surface area contributed by atoms with Crippen molar-refractivity contribution in [3.05, 3.63) is 29.8 Å². The van der Waals surface area contributed by atoms with E-state index in [9.17, 15) is 0 Å². The van der Waals surface area contributed by atoms with Crippen molar-refractivity contribution in [1.29, 1.82) is 0 Å². The summed E-state index contributed by atoms with van der Waals surface area (Å²) in [6, 6.07) is 9.29. The molecule has 1 aliphatic rings. The third-order valence-corrected chi connectivity index (χ3v) is 4.28. The Balaban J connectivity index is 0.000000487. The van der Waals surface area contributed by atoms with Crippen LogP contribution in [-0.4, -0.2) is 41.3 Å². The standard InChI is InChI=1S/C18H29NO.C2H2O4/c1-18(2,3)15-9-11-17(12-10-15)20-14-6-13-19-16-7-4-5-8-16;3-1(4)2(5)6/h9-12,16,19H,4-8,13-14H2,1-3H3;(H,3,4)(H,5,6). The maximum absolute atomic E-state index is 9.10. The number of nitrogens with one attached hydrogen (secondary N) is 1. The number of benzene rings is 1. The molecular formula is C20H31NO5. The third-order valence-electron chi connectivity index (χ3n) is 4.28. The van der Waals surface area contributed by atoms with E-state index in [2.05, 4.69) is 50.4 Å². The Morgan fingerprint density at radius 1 is 1.08 bits per heavy atom. The highest BCUT2D eigenvalue weighted by Crippen LogP contribution is 2.24. The normalized spacial score (nSPS) is 14.4. The minimum atomic E-state index is -1.82. The number of carboxylic acid groups (broad SMARTS) is 2. The van der Waals surface area contributed by atoms with Gasteiger partial charge in [0.1, 0.15) is 5.75 Å². The molecule has 0 heterocycles. The molecular weight excluding hydrogens is 334 g/mol. The van der Waals surface area contributed by atoms with Crippen molar-refractivity contribution in [3.8, 4) is 5.75 Å². The predicted octanol–water partition coefficient (Wildman–Crippen LogP) is 3.44. The number of rotatable bonds is 6. The highest BCUT2D eigenvalue weighted by molar-refractivity contribution is 6.27. The molecule has 146 valence electrons. The van der Waals surface area contributed by atoms with Crippen molar-refractivity contribution >= 4 is 11.9 Å². The molecule has 6 heteroatoms.